The van der Waals surface area contributed by atoms with Gasteiger partial charge >= 0.3 is 0 Å². The van der Waals surface area contributed by atoms with Gasteiger partial charge in [-0.3, -0.25) is 14.9 Å². The van der Waals surface area contributed by atoms with Gasteiger partial charge in [0.05, 0.1) is 11.5 Å². The molecular formula is C13H18N4O4. The van der Waals surface area contributed by atoms with Gasteiger partial charge in [-0.25, -0.2) is 4.98 Å². The molecule has 1 aliphatic carbocycles. The Hall–Kier alpha value is -2.22. The van der Waals surface area contributed by atoms with E-state index in [1.807, 2.05) is 0 Å². The van der Waals surface area contributed by atoms with Crippen molar-refractivity contribution < 1.29 is 14.5 Å². The van der Waals surface area contributed by atoms with Gasteiger partial charge in [0.2, 0.25) is 0 Å². The summed E-state index contributed by atoms with van der Waals surface area (Å²) in [6, 6.07) is 1.57. The highest BCUT2D eigenvalue weighted by Crippen LogP contribution is 2.30. The van der Waals surface area contributed by atoms with E-state index in [0.29, 0.717) is 19.0 Å². The van der Waals surface area contributed by atoms with E-state index < -0.39 is 4.92 Å². The molecule has 114 valence electrons. The minimum atomic E-state index is -0.582. The van der Waals surface area contributed by atoms with Crippen LogP contribution in [0.1, 0.15) is 23.2 Å². The lowest BCUT2D eigenvalue weighted by Gasteiger charge is -2.22. The SMILES string of the molecule is CNc1cc(C(=O)N(CCOC)C2CC2)c([N+](=O)[O-])cn1. The van der Waals surface area contributed by atoms with E-state index in [2.05, 4.69) is 10.3 Å². The zero-order valence-corrected chi connectivity index (χ0v) is 12.0. The van der Waals surface area contributed by atoms with Crippen molar-refractivity contribution in [2.45, 2.75) is 18.9 Å². The molecule has 0 aliphatic heterocycles. The summed E-state index contributed by atoms with van der Waals surface area (Å²) < 4.78 is 5.01. The molecule has 0 aromatic carbocycles. The summed E-state index contributed by atoms with van der Waals surface area (Å²) >= 11 is 0. The fraction of sp³-hybridized carbons (Fsp3) is 0.538. The number of nitro groups is 1. The molecule has 8 heteroatoms. The van der Waals surface area contributed by atoms with Gasteiger partial charge in [0.25, 0.3) is 11.6 Å². The van der Waals surface area contributed by atoms with Crippen LogP contribution in [0.15, 0.2) is 12.3 Å². The van der Waals surface area contributed by atoms with E-state index in [0.717, 1.165) is 19.0 Å². The first-order valence-electron chi connectivity index (χ1n) is 6.70. The second kappa shape index (κ2) is 6.49. The Bertz CT molecular complexity index is 545. The summed E-state index contributed by atoms with van der Waals surface area (Å²) in [6.45, 7) is 0.828. The molecule has 1 aromatic rings. The van der Waals surface area contributed by atoms with Crippen molar-refractivity contribution in [3.05, 3.63) is 27.9 Å². The van der Waals surface area contributed by atoms with Crippen LogP contribution in [0, 0.1) is 10.1 Å². The average molecular weight is 294 g/mol. The first kappa shape index (κ1) is 15.2. The van der Waals surface area contributed by atoms with E-state index in [1.165, 1.54) is 6.07 Å². The molecule has 1 N–H and O–H groups in total. The highest BCUT2D eigenvalue weighted by molar-refractivity contribution is 5.99. The molecule has 1 aromatic heterocycles. The van der Waals surface area contributed by atoms with Gasteiger partial charge in [0, 0.05) is 32.8 Å². The maximum absolute atomic E-state index is 12.6. The van der Waals surface area contributed by atoms with Crippen LogP contribution in [0.2, 0.25) is 0 Å². The predicted octanol–water partition coefficient (Wildman–Crippen LogP) is 1.28. The van der Waals surface area contributed by atoms with Crippen LogP contribution in [0.4, 0.5) is 11.5 Å². The molecule has 21 heavy (non-hydrogen) atoms. The summed E-state index contributed by atoms with van der Waals surface area (Å²) in [5.74, 6) is 0.0755. The zero-order chi connectivity index (χ0) is 15.4. The van der Waals surface area contributed by atoms with Crippen LogP contribution in [0.5, 0.6) is 0 Å². The number of methoxy groups -OCH3 is 1. The molecule has 0 saturated heterocycles. The van der Waals surface area contributed by atoms with Gasteiger partial charge in [-0.15, -0.1) is 0 Å². The van der Waals surface area contributed by atoms with E-state index in [1.54, 1.807) is 19.1 Å². The average Bonchev–Trinajstić information content (AvgIpc) is 3.31. The fourth-order valence-corrected chi connectivity index (χ4v) is 2.08. The Kier molecular flexibility index (Phi) is 4.69. The number of nitrogens with zero attached hydrogens (tertiary/aromatic N) is 3. The van der Waals surface area contributed by atoms with Crippen LogP contribution in [0.3, 0.4) is 0 Å². The predicted molar refractivity (Wildman–Crippen MR) is 76.4 cm³/mol. The molecule has 0 radical (unpaired) electrons. The van der Waals surface area contributed by atoms with E-state index in [-0.39, 0.29) is 23.2 Å². The van der Waals surface area contributed by atoms with Gasteiger partial charge < -0.3 is 15.0 Å². The second-order valence-corrected chi connectivity index (χ2v) is 4.82. The van der Waals surface area contributed by atoms with Gasteiger partial charge in [0.15, 0.2) is 0 Å². The van der Waals surface area contributed by atoms with Crippen LogP contribution >= 0.6 is 0 Å². The van der Waals surface area contributed by atoms with Crippen molar-refractivity contribution in [1.29, 1.82) is 0 Å². The Labute approximate surface area is 122 Å². The molecule has 8 nitrogen and oxygen atoms in total. The lowest BCUT2D eigenvalue weighted by Crippen LogP contribution is -2.36. The molecule has 1 heterocycles. The summed E-state index contributed by atoms with van der Waals surface area (Å²) in [6.07, 6.45) is 2.96. The van der Waals surface area contributed by atoms with E-state index in [4.69, 9.17) is 4.74 Å². The number of ether oxygens (including phenoxy) is 1. The topological polar surface area (TPSA) is 97.6 Å². The van der Waals surface area contributed by atoms with Crippen molar-refractivity contribution in [3.63, 3.8) is 0 Å². The van der Waals surface area contributed by atoms with Gasteiger partial charge in [-0.1, -0.05) is 0 Å². The molecule has 0 spiro atoms. The van der Waals surface area contributed by atoms with E-state index >= 15 is 0 Å². The molecular weight excluding hydrogens is 276 g/mol. The van der Waals surface area contributed by atoms with Crippen LogP contribution in [-0.2, 0) is 4.74 Å². The normalized spacial score (nSPS) is 13.8. The molecule has 1 fully saturated rings. The standard InChI is InChI=1S/C13H18N4O4/c1-14-12-7-10(11(8-15-12)17(19)20)13(18)16(5-6-21-2)9-3-4-9/h7-9H,3-6H2,1-2H3,(H,14,15). The van der Waals surface area contributed by atoms with Gasteiger partial charge in [-0.05, 0) is 12.8 Å². The van der Waals surface area contributed by atoms with Crippen LogP contribution in [-0.4, -0.2) is 54.1 Å². The highest BCUT2D eigenvalue weighted by atomic mass is 16.6. The second-order valence-electron chi connectivity index (χ2n) is 4.82. The molecule has 1 aliphatic rings. The Morgan fingerprint density at radius 2 is 2.33 bits per heavy atom. The van der Waals surface area contributed by atoms with Crippen molar-refractivity contribution in [2.75, 3.05) is 32.6 Å². The number of rotatable bonds is 7. The lowest BCUT2D eigenvalue weighted by molar-refractivity contribution is -0.385. The maximum Gasteiger partial charge on any atom is 0.300 e. The summed E-state index contributed by atoms with van der Waals surface area (Å²) in [5.41, 5.74) is -0.218. The third kappa shape index (κ3) is 3.46. The number of amides is 1. The maximum atomic E-state index is 12.6. The summed E-state index contributed by atoms with van der Waals surface area (Å²) in [5, 5.41) is 13.9. The number of anilines is 1. The third-order valence-electron chi connectivity index (χ3n) is 3.35. The highest BCUT2D eigenvalue weighted by Gasteiger charge is 2.35. The number of carbonyl (C=O) groups excluding carboxylic acids is 1. The summed E-state index contributed by atoms with van der Waals surface area (Å²) in [4.78, 5) is 28.7. The molecule has 1 amide bonds. The van der Waals surface area contributed by atoms with Crippen LogP contribution in [0.25, 0.3) is 0 Å². The number of carbonyl (C=O) groups is 1. The molecule has 1 saturated carbocycles. The number of nitrogens with one attached hydrogen (secondary N) is 1. The lowest BCUT2D eigenvalue weighted by atomic mass is 10.2. The molecule has 0 bridgehead atoms. The number of aromatic nitrogens is 1. The third-order valence-corrected chi connectivity index (χ3v) is 3.35. The monoisotopic (exact) mass is 294 g/mol. The van der Waals surface area contributed by atoms with Crippen molar-refractivity contribution in [3.8, 4) is 0 Å². The largest absolute Gasteiger partial charge is 0.383 e. The first-order valence-corrected chi connectivity index (χ1v) is 6.70. The Balaban J connectivity index is 2.32. The van der Waals surface area contributed by atoms with Crippen LogP contribution < -0.4 is 5.32 Å². The van der Waals surface area contributed by atoms with Gasteiger partial charge in [-0.2, -0.15) is 0 Å². The Morgan fingerprint density at radius 1 is 1.62 bits per heavy atom. The minimum absolute atomic E-state index is 0.0577. The fourth-order valence-electron chi connectivity index (χ4n) is 2.08. The number of hydrogen-bond donors (Lipinski definition) is 1. The molecule has 0 unspecified atom stereocenters. The zero-order valence-electron chi connectivity index (χ0n) is 12.0. The molecule has 0 atom stereocenters. The van der Waals surface area contributed by atoms with Crippen molar-refractivity contribution in [1.82, 2.24) is 9.88 Å². The smallest absolute Gasteiger partial charge is 0.300 e. The molecule has 2 rings (SSSR count). The summed E-state index contributed by atoms with van der Waals surface area (Å²) in [7, 11) is 3.20. The quantitative estimate of drug-likeness (QED) is 0.601. The van der Waals surface area contributed by atoms with Crippen molar-refractivity contribution in [2.24, 2.45) is 0 Å². The first-order chi connectivity index (χ1) is 10.1. The number of pyridine rings is 1. The van der Waals surface area contributed by atoms with Gasteiger partial charge in [0.1, 0.15) is 17.6 Å². The van der Waals surface area contributed by atoms with E-state index in [9.17, 15) is 14.9 Å². The number of hydrogen-bond acceptors (Lipinski definition) is 6. The van der Waals surface area contributed by atoms with Crippen molar-refractivity contribution >= 4 is 17.4 Å². The minimum Gasteiger partial charge on any atom is -0.383 e. The Morgan fingerprint density at radius 3 is 2.86 bits per heavy atom.